The molecule has 1 aliphatic rings. The summed E-state index contributed by atoms with van der Waals surface area (Å²) >= 11 is 1.45. The van der Waals surface area contributed by atoms with Gasteiger partial charge in [-0.15, -0.1) is 11.8 Å². The Morgan fingerprint density at radius 1 is 1.06 bits per heavy atom. The molecule has 0 amide bonds. The molecular formula is C24H27N3O4S. The van der Waals surface area contributed by atoms with E-state index in [4.69, 9.17) is 15.2 Å². The summed E-state index contributed by atoms with van der Waals surface area (Å²) in [7, 11) is 0. The van der Waals surface area contributed by atoms with E-state index < -0.39 is 22.8 Å². The fourth-order valence-electron chi connectivity index (χ4n) is 3.87. The van der Waals surface area contributed by atoms with Crippen LogP contribution in [0.1, 0.15) is 23.4 Å². The largest absolute Gasteiger partial charge is 0.384 e. The molecule has 2 heterocycles. The number of aromatic nitrogens is 2. The number of anilines is 1. The van der Waals surface area contributed by atoms with Crippen molar-refractivity contribution in [3.8, 4) is 0 Å². The zero-order valence-electron chi connectivity index (χ0n) is 17.8. The number of benzene rings is 2. The maximum atomic E-state index is 12.5. The van der Waals surface area contributed by atoms with Crippen LogP contribution in [0.15, 0.2) is 77.7 Å². The normalized spacial score (nSPS) is 25.1. The fourth-order valence-corrected chi connectivity index (χ4v) is 5.58. The molecule has 8 heteroatoms. The molecule has 3 aromatic rings. The van der Waals surface area contributed by atoms with E-state index in [0.29, 0.717) is 19.8 Å². The lowest BCUT2D eigenvalue weighted by Gasteiger charge is -2.32. The van der Waals surface area contributed by atoms with Gasteiger partial charge in [-0.1, -0.05) is 60.7 Å². The van der Waals surface area contributed by atoms with Crippen molar-refractivity contribution in [3.63, 3.8) is 0 Å². The van der Waals surface area contributed by atoms with E-state index in [1.54, 1.807) is 19.2 Å². The Balaban J connectivity index is 1.53. The van der Waals surface area contributed by atoms with E-state index in [0.717, 1.165) is 11.1 Å². The van der Waals surface area contributed by atoms with Crippen LogP contribution in [0.3, 0.4) is 0 Å². The zero-order chi connectivity index (χ0) is 22.6. The predicted octanol–water partition coefficient (Wildman–Crippen LogP) is 2.99. The molecule has 3 N–H and O–H groups in total. The van der Waals surface area contributed by atoms with Crippen molar-refractivity contribution in [2.75, 3.05) is 12.3 Å². The van der Waals surface area contributed by atoms with E-state index in [-0.39, 0.29) is 11.1 Å². The number of hydrogen-bond donors (Lipinski definition) is 2. The summed E-state index contributed by atoms with van der Waals surface area (Å²) in [5.41, 5.74) is 5.88. The Bertz CT molecular complexity index is 1080. The molecule has 0 bridgehead atoms. The van der Waals surface area contributed by atoms with Crippen LogP contribution in [0.5, 0.6) is 0 Å². The standard InChI is InChI=1S/C24H27N3O4S/c1-24(29)21(31-15-18-10-6-3-7-11-18)19(16-30-14-17-8-4-2-5-9-17)32-22(24)27-13-12-20(25)26-23(27)28/h2-13,19,21-22,29H,14-16H2,1H3,(H2,25,26,28)/t19-,21-,22?,24+/m1/s1. The fraction of sp³-hybridized carbons (Fsp3) is 0.333. The van der Waals surface area contributed by atoms with Gasteiger partial charge in [-0.25, -0.2) is 4.79 Å². The van der Waals surface area contributed by atoms with Crippen molar-refractivity contribution >= 4 is 17.6 Å². The highest BCUT2D eigenvalue weighted by molar-refractivity contribution is 8.00. The highest BCUT2D eigenvalue weighted by Gasteiger charge is 2.54. The van der Waals surface area contributed by atoms with E-state index in [2.05, 4.69) is 4.98 Å². The molecule has 0 spiro atoms. The molecule has 1 fully saturated rings. The summed E-state index contributed by atoms with van der Waals surface area (Å²) in [5.74, 6) is 0.147. The second-order valence-corrected chi connectivity index (χ2v) is 9.34. The Morgan fingerprint density at radius 3 is 2.31 bits per heavy atom. The van der Waals surface area contributed by atoms with Crippen LogP contribution in [0.25, 0.3) is 0 Å². The van der Waals surface area contributed by atoms with Crippen molar-refractivity contribution in [1.29, 1.82) is 0 Å². The van der Waals surface area contributed by atoms with E-state index in [1.807, 2.05) is 60.7 Å². The van der Waals surface area contributed by atoms with E-state index >= 15 is 0 Å². The van der Waals surface area contributed by atoms with Crippen LogP contribution < -0.4 is 11.4 Å². The first kappa shape index (κ1) is 22.5. The van der Waals surface area contributed by atoms with Gasteiger partial charge in [0.2, 0.25) is 0 Å². The third-order valence-electron chi connectivity index (χ3n) is 5.49. The lowest BCUT2D eigenvalue weighted by molar-refractivity contribution is -0.112. The van der Waals surface area contributed by atoms with Gasteiger partial charge in [-0.3, -0.25) is 4.57 Å². The summed E-state index contributed by atoms with van der Waals surface area (Å²) < 4.78 is 13.6. The first-order valence-corrected chi connectivity index (χ1v) is 11.4. The number of nitrogens with two attached hydrogens (primary N) is 1. The van der Waals surface area contributed by atoms with Crippen molar-refractivity contribution in [2.24, 2.45) is 0 Å². The molecule has 168 valence electrons. The maximum Gasteiger partial charge on any atom is 0.350 e. The molecule has 7 nitrogen and oxygen atoms in total. The van der Waals surface area contributed by atoms with Crippen molar-refractivity contribution in [3.05, 3.63) is 94.5 Å². The number of aliphatic hydroxyl groups is 1. The Morgan fingerprint density at radius 2 is 1.69 bits per heavy atom. The molecule has 4 rings (SSSR count). The van der Waals surface area contributed by atoms with Gasteiger partial charge < -0.3 is 20.3 Å². The molecule has 0 aliphatic carbocycles. The highest BCUT2D eigenvalue weighted by Crippen LogP contribution is 2.49. The number of hydrogen-bond acceptors (Lipinski definition) is 7. The Labute approximate surface area is 191 Å². The minimum absolute atomic E-state index is 0.147. The van der Waals surface area contributed by atoms with Crippen LogP contribution in [-0.2, 0) is 22.7 Å². The Kier molecular flexibility index (Phi) is 6.95. The topological polar surface area (TPSA) is 99.6 Å². The lowest BCUT2D eigenvalue weighted by Crippen LogP contribution is -2.47. The van der Waals surface area contributed by atoms with Crippen molar-refractivity contribution < 1.29 is 14.6 Å². The molecule has 1 saturated heterocycles. The van der Waals surface area contributed by atoms with Crippen LogP contribution in [0.2, 0.25) is 0 Å². The maximum absolute atomic E-state index is 12.5. The number of nitrogen functional groups attached to an aromatic ring is 1. The summed E-state index contributed by atoms with van der Waals surface area (Å²) in [6, 6.07) is 21.3. The van der Waals surface area contributed by atoms with Gasteiger partial charge in [-0.05, 0) is 24.1 Å². The van der Waals surface area contributed by atoms with Gasteiger partial charge in [0.1, 0.15) is 22.9 Å². The second kappa shape index (κ2) is 9.87. The van der Waals surface area contributed by atoms with Gasteiger partial charge in [0, 0.05) is 6.20 Å². The molecule has 1 unspecified atom stereocenters. The average molecular weight is 454 g/mol. The summed E-state index contributed by atoms with van der Waals surface area (Å²) in [6.45, 7) is 2.86. The zero-order valence-corrected chi connectivity index (χ0v) is 18.7. The van der Waals surface area contributed by atoms with E-state index in [9.17, 15) is 9.90 Å². The minimum atomic E-state index is -1.33. The average Bonchev–Trinajstić information content (AvgIpc) is 3.03. The number of ether oxygens (including phenoxy) is 2. The molecule has 1 aromatic heterocycles. The number of thioether (sulfide) groups is 1. The third kappa shape index (κ3) is 5.05. The predicted molar refractivity (Wildman–Crippen MR) is 125 cm³/mol. The van der Waals surface area contributed by atoms with Gasteiger partial charge >= 0.3 is 5.69 Å². The second-order valence-electron chi connectivity index (χ2n) is 8.01. The van der Waals surface area contributed by atoms with Crippen molar-refractivity contribution in [2.45, 2.75) is 42.5 Å². The van der Waals surface area contributed by atoms with Gasteiger partial charge in [0.25, 0.3) is 0 Å². The van der Waals surface area contributed by atoms with Crippen molar-refractivity contribution in [1.82, 2.24) is 9.55 Å². The summed E-state index contributed by atoms with van der Waals surface area (Å²) in [6.07, 6.45) is 1.01. The quantitative estimate of drug-likeness (QED) is 0.541. The lowest BCUT2D eigenvalue weighted by atomic mass is 9.96. The molecule has 2 aromatic carbocycles. The van der Waals surface area contributed by atoms with E-state index in [1.165, 1.54) is 16.3 Å². The molecule has 4 atom stereocenters. The van der Waals surface area contributed by atoms with Crippen LogP contribution in [0, 0.1) is 0 Å². The first-order valence-electron chi connectivity index (χ1n) is 10.4. The smallest absolute Gasteiger partial charge is 0.350 e. The summed E-state index contributed by atoms with van der Waals surface area (Å²) in [5, 5.41) is 10.7. The first-order chi connectivity index (χ1) is 15.4. The Hall–Kier alpha value is -2.65. The molecule has 0 radical (unpaired) electrons. The molecular weight excluding hydrogens is 426 g/mol. The van der Waals surface area contributed by atoms with Crippen LogP contribution >= 0.6 is 11.8 Å². The number of rotatable bonds is 8. The van der Waals surface area contributed by atoms with Gasteiger partial charge in [0.15, 0.2) is 0 Å². The molecule has 0 saturated carbocycles. The monoisotopic (exact) mass is 453 g/mol. The SMILES string of the molecule is C[C@@]1(O)C(n2ccc(N)nc2=O)S[C@H](COCc2ccccc2)[C@H]1OCc1ccccc1. The van der Waals surface area contributed by atoms with Gasteiger partial charge in [-0.2, -0.15) is 4.98 Å². The third-order valence-corrected chi connectivity index (χ3v) is 7.18. The van der Waals surface area contributed by atoms with Gasteiger partial charge in [0.05, 0.1) is 25.1 Å². The molecule has 32 heavy (non-hydrogen) atoms. The highest BCUT2D eigenvalue weighted by atomic mass is 32.2. The van der Waals surface area contributed by atoms with Crippen LogP contribution in [0.4, 0.5) is 5.82 Å². The minimum Gasteiger partial charge on any atom is -0.384 e. The summed E-state index contributed by atoms with van der Waals surface area (Å²) in [4.78, 5) is 16.3. The molecule has 1 aliphatic heterocycles. The number of nitrogens with zero attached hydrogens (tertiary/aromatic N) is 2. The van der Waals surface area contributed by atoms with Crippen LogP contribution in [-0.4, -0.2) is 38.2 Å².